The molecule has 3 aromatic rings. The first kappa shape index (κ1) is 17.9. The van der Waals surface area contributed by atoms with Crippen LogP contribution in [0.25, 0.3) is 10.9 Å². The summed E-state index contributed by atoms with van der Waals surface area (Å²) in [6, 6.07) is 9.74. The van der Waals surface area contributed by atoms with E-state index >= 15 is 0 Å². The quantitative estimate of drug-likeness (QED) is 0.657. The van der Waals surface area contributed by atoms with E-state index in [2.05, 4.69) is 20.2 Å². The number of aromatic nitrogens is 3. The first-order valence-electron chi connectivity index (χ1n) is 9.22. The molecule has 6 nitrogen and oxygen atoms in total. The van der Waals surface area contributed by atoms with Crippen molar-refractivity contribution in [3.63, 3.8) is 0 Å². The van der Waals surface area contributed by atoms with Crippen molar-refractivity contribution in [3.8, 4) is 0 Å². The van der Waals surface area contributed by atoms with Crippen LogP contribution in [0.15, 0.2) is 42.7 Å². The molecule has 1 N–H and O–H groups in total. The fourth-order valence-electron chi connectivity index (χ4n) is 3.22. The molecule has 7 heteroatoms. The van der Waals surface area contributed by atoms with Gasteiger partial charge in [-0.15, -0.1) is 0 Å². The maximum absolute atomic E-state index is 6.05. The number of benzene rings is 1. The number of morpholine rings is 1. The van der Waals surface area contributed by atoms with E-state index in [1.165, 1.54) is 0 Å². The Balaban J connectivity index is 1.34. The van der Waals surface area contributed by atoms with Gasteiger partial charge in [0.2, 0.25) is 0 Å². The van der Waals surface area contributed by atoms with E-state index in [0.29, 0.717) is 5.02 Å². The summed E-state index contributed by atoms with van der Waals surface area (Å²) in [5.41, 5.74) is 1.97. The predicted molar refractivity (Wildman–Crippen MR) is 109 cm³/mol. The second-order valence-corrected chi connectivity index (χ2v) is 6.92. The highest BCUT2D eigenvalue weighted by Gasteiger charge is 2.12. The van der Waals surface area contributed by atoms with Gasteiger partial charge in [-0.05, 0) is 36.8 Å². The van der Waals surface area contributed by atoms with Crippen LogP contribution in [0.1, 0.15) is 12.2 Å². The maximum atomic E-state index is 6.05. The number of hydrogen-bond acceptors (Lipinski definition) is 6. The number of ether oxygens (including phenoxy) is 1. The summed E-state index contributed by atoms with van der Waals surface area (Å²) < 4.78 is 5.40. The zero-order chi connectivity index (χ0) is 18.5. The summed E-state index contributed by atoms with van der Waals surface area (Å²) >= 11 is 6.05. The van der Waals surface area contributed by atoms with Crippen LogP contribution < -0.4 is 10.2 Å². The van der Waals surface area contributed by atoms with Crippen LogP contribution in [0.4, 0.5) is 11.5 Å². The average molecular weight is 384 g/mol. The third-order valence-corrected chi connectivity index (χ3v) is 4.86. The van der Waals surface area contributed by atoms with Gasteiger partial charge in [-0.25, -0.2) is 9.97 Å². The Labute approximate surface area is 163 Å². The fraction of sp³-hybridized carbons (Fsp3) is 0.350. The largest absolute Gasteiger partial charge is 0.384 e. The van der Waals surface area contributed by atoms with E-state index in [1.54, 1.807) is 6.20 Å². The van der Waals surface area contributed by atoms with Gasteiger partial charge in [-0.3, -0.25) is 4.98 Å². The van der Waals surface area contributed by atoms with E-state index in [4.69, 9.17) is 21.3 Å². The number of aryl methyl sites for hydroxylation is 1. The SMILES string of the molecule is Clc1ccc2c(NCCCc3nccc(N4CCOCC4)n3)ccnc2c1. The molecular formula is C20H22ClN5O. The highest BCUT2D eigenvalue weighted by molar-refractivity contribution is 6.31. The molecule has 0 radical (unpaired) electrons. The molecule has 3 heterocycles. The lowest BCUT2D eigenvalue weighted by molar-refractivity contribution is 0.122. The van der Waals surface area contributed by atoms with Crippen molar-refractivity contribution >= 4 is 34.0 Å². The van der Waals surface area contributed by atoms with Crippen molar-refractivity contribution in [1.82, 2.24) is 15.0 Å². The number of halogens is 1. The smallest absolute Gasteiger partial charge is 0.132 e. The molecule has 0 atom stereocenters. The summed E-state index contributed by atoms with van der Waals surface area (Å²) in [5.74, 6) is 1.88. The molecule has 2 aromatic heterocycles. The molecule has 140 valence electrons. The Kier molecular flexibility index (Phi) is 5.65. The molecule has 0 bridgehead atoms. The molecule has 1 fully saturated rings. The van der Waals surface area contributed by atoms with Crippen molar-refractivity contribution in [2.45, 2.75) is 12.8 Å². The lowest BCUT2D eigenvalue weighted by Gasteiger charge is -2.27. The van der Waals surface area contributed by atoms with Crippen LogP contribution in [0, 0.1) is 0 Å². The fourth-order valence-corrected chi connectivity index (χ4v) is 3.39. The number of rotatable bonds is 6. The van der Waals surface area contributed by atoms with E-state index in [-0.39, 0.29) is 0 Å². The molecule has 0 unspecified atom stereocenters. The topological polar surface area (TPSA) is 63.2 Å². The van der Waals surface area contributed by atoms with E-state index in [1.807, 2.05) is 36.5 Å². The minimum atomic E-state index is 0.699. The molecule has 0 amide bonds. The summed E-state index contributed by atoms with van der Waals surface area (Å²) in [5, 5.41) is 5.26. The summed E-state index contributed by atoms with van der Waals surface area (Å²) in [7, 11) is 0. The van der Waals surface area contributed by atoms with Gasteiger partial charge in [-0.2, -0.15) is 0 Å². The van der Waals surface area contributed by atoms with E-state index < -0.39 is 0 Å². The van der Waals surface area contributed by atoms with Gasteiger partial charge in [0.25, 0.3) is 0 Å². The van der Waals surface area contributed by atoms with Crippen LogP contribution >= 0.6 is 11.6 Å². The monoisotopic (exact) mass is 383 g/mol. The molecule has 27 heavy (non-hydrogen) atoms. The third-order valence-electron chi connectivity index (χ3n) is 4.62. The molecule has 1 saturated heterocycles. The van der Waals surface area contributed by atoms with Gasteiger partial charge in [-0.1, -0.05) is 11.6 Å². The first-order chi connectivity index (χ1) is 13.3. The standard InChI is InChI=1S/C20H22ClN5O/c21-15-3-4-16-17(5-8-23-18(16)14-15)22-7-1-2-19-24-9-6-20(25-19)26-10-12-27-13-11-26/h3-6,8-9,14H,1-2,7,10-13H2,(H,22,23). The van der Waals surface area contributed by atoms with Gasteiger partial charge in [0.15, 0.2) is 0 Å². The summed E-state index contributed by atoms with van der Waals surface area (Å²) in [4.78, 5) is 15.8. The Morgan fingerprint density at radius 3 is 2.81 bits per heavy atom. The number of fused-ring (bicyclic) bond motifs is 1. The molecule has 0 spiro atoms. The minimum Gasteiger partial charge on any atom is -0.384 e. The van der Waals surface area contributed by atoms with Gasteiger partial charge in [0.05, 0.1) is 18.7 Å². The molecule has 1 aliphatic heterocycles. The van der Waals surface area contributed by atoms with Crippen molar-refractivity contribution in [2.24, 2.45) is 0 Å². The van der Waals surface area contributed by atoms with Crippen molar-refractivity contribution in [2.75, 3.05) is 43.1 Å². The molecule has 0 aliphatic carbocycles. The molecule has 1 aliphatic rings. The minimum absolute atomic E-state index is 0.699. The molecule has 1 aromatic carbocycles. The van der Waals surface area contributed by atoms with Gasteiger partial charge < -0.3 is 15.0 Å². The Hall–Kier alpha value is -2.44. The van der Waals surface area contributed by atoms with Crippen LogP contribution in [0.5, 0.6) is 0 Å². The van der Waals surface area contributed by atoms with Crippen LogP contribution in [0.2, 0.25) is 5.02 Å². The van der Waals surface area contributed by atoms with Gasteiger partial charge >= 0.3 is 0 Å². The normalized spacial score (nSPS) is 14.5. The Morgan fingerprint density at radius 2 is 1.93 bits per heavy atom. The van der Waals surface area contributed by atoms with Gasteiger partial charge in [0.1, 0.15) is 11.6 Å². The number of pyridine rings is 1. The number of nitrogens with zero attached hydrogens (tertiary/aromatic N) is 4. The van der Waals surface area contributed by atoms with Crippen LogP contribution in [0.3, 0.4) is 0 Å². The second kappa shape index (κ2) is 8.50. The average Bonchev–Trinajstić information content (AvgIpc) is 2.72. The highest BCUT2D eigenvalue weighted by Crippen LogP contribution is 2.24. The zero-order valence-corrected chi connectivity index (χ0v) is 15.8. The zero-order valence-electron chi connectivity index (χ0n) is 15.1. The lowest BCUT2D eigenvalue weighted by Crippen LogP contribution is -2.36. The molecule has 4 rings (SSSR count). The lowest BCUT2D eigenvalue weighted by atomic mass is 10.2. The number of anilines is 2. The molecule has 0 saturated carbocycles. The van der Waals surface area contributed by atoms with E-state index in [9.17, 15) is 0 Å². The Morgan fingerprint density at radius 1 is 1.07 bits per heavy atom. The maximum Gasteiger partial charge on any atom is 0.132 e. The Bertz CT molecular complexity index is 914. The van der Waals surface area contributed by atoms with Gasteiger partial charge in [0, 0.05) is 54.5 Å². The predicted octanol–water partition coefficient (Wildman–Crippen LogP) is 3.56. The van der Waals surface area contributed by atoms with E-state index in [0.717, 1.165) is 73.9 Å². The summed E-state index contributed by atoms with van der Waals surface area (Å²) in [6.45, 7) is 4.13. The first-order valence-corrected chi connectivity index (χ1v) is 9.60. The highest BCUT2D eigenvalue weighted by atomic mass is 35.5. The number of hydrogen-bond donors (Lipinski definition) is 1. The molecular weight excluding hydrogens is 362 g/mol. The summed E-state index contributed by atoms with van der Waals surface area (Å²) in [6.07, 6.45) is 5.43. The van der Waals surface area contributed by atoms with Crippen LogP contribution in [-0.4, -0.2) is 47.8 Å². The third kappa shape index (κ3) is 4.46. The second-order valence-electron chi connectivity index (χ2n) is 6.48. The van der Waals surface area contributed by atoms with Crippen LogP contribution in [-0.2, 0) is 11.2 Å². The van der Waals surface area contributed by atoms with Crippen molar-refractivity contribution in [3.05, 3.63) is 53.6 Å². The number of nitrogens with one attached hydrogen (secondary N) is 1. The van der Waals surface area contributed by atoms with Crippen molar-refractivity contribution < 1.29 is 4.74 Å². The van der Waals surface area contributed by atoms with Crippen molar-refractivity contribution in [1.29, 1.82) is 0 Å².